The summed E-state index contributed by atoms with van der Waals surface area (Å²) in [6, 6.07) is 1.10. The van der Waals surface area contributed by atoms with Gasteiger partial charge in [-0.15, -0.1) is 0 Å². The van der Waals surface area contributed by atoms with E-state index in [-0.39, 0.29) is 0 Å². The zero-order valence-corrected chi connectivity index (χ0v) is 11.3. The molecule has 100 valence electrons. The van der Waals surface area contributed by atoms with Crippen LogP contribution in [0.4, 0.5) is 0 Å². The molecule has 2 aliphatic heterocycles. The van der Waals surface area contributed by atoms with Crippen molar-refractivity contribution in [1.82, 2.24) is 25.0 Å². The fourth-order valence-corrected chi connectivity index (χ4v) is 3.36. The molecule has 0 radical (unpaired) electrons. The molecule has 5 nitrogen and oxygen atoms in total. The van der Waals surface area contributed by atoms with E-state index in [0.29, 0.717) is 12.1 Å². The molecule has 2 saturated heterocycles. The number of likely N-dealkylation sites (tertiary alicyclic amines) is 1. The number of nitrogens with one attached hydrogen (secondary N) is 1. The van der Waals surface area contributed by atoms with E-state index < -0.39 is 0 Å². The fourth-order valence-electron chi connectivity index (χ4n) is 3.36. The lowest BCUT2D eigenvalue weighted by atomic mass is 9.92. The highest BCUT2D eigenvalue weighted by atomic mass is 15.4. The Bertz CT molecular complexity index is 400. The Morgan fingerprint density at radius 3 is 3.17 bits per heavy atom. The van der Waals surface area contributed by atoms with Gasteiger partial charge in [0.15, 0.2) is 0 Å². The molecule has 18 heavy (non-hydrogen) atoms. The highest BCUT2D eigenvalue weighted by Crippen LogP contribution is 2.27. The van der Waals surface area contributed by atoms with E-state index in [1.165, 1.54) is 25.9 Å². The molecule has 2 aliphatic rings. The number of hydrogen-bond acceptors (Lipinski definition) is 4. The minimum absolute atomic E-state index is 0.393. The highest BCUT2D eigenvalue weighted by Gasteiger charge is 2.35. The minimum Gasteiger partial charge on any atom is -0.315 e. The van der Waals surface area contributed by atoms with E-state index in [4.69, 9.17) is 0 Å². The molecule has 1 N–H and O–H groups in total. The lowest BCUT2D eigenvalue weighted by Crippen LogP contribution is -2.44. The second kappa shape index (κ2) is 4.97. The molecule has 0 aliphatic carbocycles. The van der Waals surface area contributed by atoms with E-state index in [1.54, 1.807) is 6.33 Å². The molecule has 5 heteroatoms. The molecule has 0 aromatic carbocycles. The van der Waals surface area contributed by atoms with Gasteiger partial charge in [-0.05, 0) is 45.7 Å². The third kappa shape index (κ3) is 2.17. The predicted molar refractivity (Wildman–Crippen MR) is 70.2 cm³/mol. The van der Waals surface area contributed by atoms with Gasteiger partial charge in [-0.1, -0.05) is 0 Å². The Labute approximate surface area is 109 Å². The van der Waals surface area contributed by atoms with E-state index in [0.717, 1.165) is 24.8 Å². The van der Waals surface area contributed by atoms with Gasteiger partial charge >= 0.3 is 0 Å². The van der Waals surface area contributed by atoms with Crippen molar-refractivity contribution >= 4 is 0 Å². The predicted octanol–water partition coefficient (Wildman–Crippen LogP) is 1.04. The fraction of sp³-hybridized carbons (Fsp3) is 0.846. The Morgan fingerprint density at radius 1 is 1.44 bits per heavy atom. The van der Waals surface area contributed by atoms with Crippen LogP contribution in [0.3, 0.4) is 0 Å². The van der Waals surface area contributed by atoms with Crippen LogP contribution >= 0.6 is 0 Å². The van der Waals surface area contributed by atoms with Gasteiger partial charge < -0.3 is 5.32 Å². The summed E-state index contributed by atoms with van der Waals surface area (Å²) in [4.78, 5) is 7.03. The maximum absolute atomic E-state index is 4.44. The van der Waals surface area contributed by atoms with Crippen LogP contribution in [-0.2, 0) is 6.54 Å². The molecule has 2 atom stereocenters. The van der Waals surface area contributed by atoms with Crippen LogP contribution in [0.15, 0.2) is 6.33 Å². The molecule has 0 spiro atoms. The normalized spacial score (nSPS) is 28.8. The molecule has 0 bridgehead atoms. The summed E-state index contributed by atoms with van der Waals surface area (Å²) in [5.41, 5.74) is 0. The third-order valence-electron chi connectivity index (χ3n) is 4.27. The lowest BCUT2D eigenvalue weighted by molar-refractivity contribution is 0.112. The van der Waals surface area contributed by atoms with Gasteiger partial charge in [0.1, 0.15) is 12.2 Å². The summed E-state index contributed by atoms with van der Waals surface area (Å²) in [7, 11) is 0. The van der Waals surface area contributed by atoms with Gasteiger partial charge in [0.25, 0.3) is 0 Å². The molecule has 1 aromatic heterocycles. The molecule has 2 unspecified atom stereocenters. The third-order valence-corrected chi connectivity index (χ3v) is 4.27. The van der Waals surface area contributed by atoms with E-state index in [1.807, 2.05) is 4.68 Å². The second-order valence-electron chi connectivity index (χ2n) is 5.81. The van der Waals surface area contributed by atoms with Crippen molar-refractivity contribution in [3.05, 3.63) is 12.2 Å². The molecule has 3 rings (SSSR count). The summed E-state index contributed by atoms with van der Waals surface area (Å²) in [6.45, 7) is 8.80. The average Bonchev–Trinajstić information content (AvgIpc) is 2.96. The topological polar surface area (TPSA) is 46.0 Å². The first kappa shape index (κ1) is 12.1. The molecule has 0 amide bonds. The quantitative estimate of drug-likeness (QED) is 0.869. The number of aromatic nitrogens is 3. The summed E-state index contributed by atoms with van der Waals surface area (Å²) in [5, 5.41) is 7.86. The van der Waals surface area contributed by atoms with Gasteiger partial charge in [-0.3, -0.25) is 4.90 Å². The van der Waals surface area contributed by atoms with E-state index in [2.05, 4.69) is 34.1 Å². The monoisotopic (exact) mass is 249 g/mol. The first-order valence-corrected chi connectivity index (χ1v) is 7.09. The van der Waals surface area contributed by atoms with Gasteiger partial charge in [0.05, 0.1) is 6.54 Å². The average molecular weight is 249 g/mol. The summed E-state index contributed by atoms with van der Waals surface area (Å²) >= 11 is 0. The molecular weight excluding hydrogens is 226 g/mol. The van der Waals surface area contributed by atoms with E-state index in [9.17, 15) is 0 Å². The Morgan fingerprint density at radius 2 is 2.33 bits per heavy atom. The summed E-state index contributed by atoms with van der Waals surface area (Å²) in [6.07, 6.45) is 4.38. The Hall–Kier alpha value is -0.940. The van der Waals surface area contributed by atoms with Crippen LogP contribution in [0.25, 0.3) is 0 Å². The first-order chi connectivity index (χ1) is 8.75. The van der Waals surface area contributed by atoms with Crippen molar-refractivity contribution in [3.8, 4) is 0 Å². The molecule has 2 fully saturated rings. The number of nitrogens with zero attached hydrogens (tertiary/aromatic N) is 4. The van der Waals surface area contributed by atoms with Crippen LogP contribution < -0.4 is 5.32 Å². The summed E-state index contributed by atoms with van der Waals surface area (Å²) < 4.78 is 2.05. The van der Waals surface area contributed by atoms with Crippen molar-refractivity contribution < 1.29 is 0 Å². The second-order valence-corrected chi connectivity index (χ2v) is 5.81. The molecule has 0 saturated carbocycles. The van der Waals surface area contributed by atoms with Crippen molar-refractivity contribution in [2.24, 2.45) is 5.92 Å². The van der Waals surface area contributed by atoms with Crippen LogP contribution in [0.5, 0.6) is 0 Å². The number of hydrogen-bond donors (Lipinski definition) is 1. The first-order valence-electron chi connectivity index (χ1n) is 7.09. The Kier molecular flexibility index (Phi) is 3.35. The highest BCUT2D eigenvalue weighted by molar-refractivity contribution is 4.95. The molecular formula is C13H23N5. The van der Waals surface area contributed by atoms with Gasteiger partial charge in [0, 0.05) is 18.6 Å². The number of fused-ring (bicyclic) bond motifs is 1. The largest absolute Gasteiger partial charge is 0.315 e. The SMILES string of the molecule is CC(C)n1ncnc1CN1CCCC2CNCC21. The number of piperidine rings is 1. The zero-order valence-electron chi connectivity index (χ0n) is 11.3. The van der Waals surface area contributed by atoms with Crippen molar-refractivity contribution in [1.29, 1.82) is 0 Å². The standard InChI is InChI=1S/C13H23N5/c1-10(2)18-13(15-9-16-18)8-17-5-3-4-11-6-14-7-12(11)17/h9-12,14H,3-8H2,1-2H3. The van der Waals surface area contributed by atoms with Crippen LogP contribution in [0.2, 0.25) is 0 Å². The van der Waals surface area contributed by atoms with Crippen molar-refractivity contribution in [2.75, 3.05) is 19.6 Å². The van der Waals surface area contributed by atoms with Crippen LogP contribution in [0, 0.1) is 5.92 Å². The van der Waals surface area contributed by atoms with Crippen molar-refractivity contribution in [2.45, 2.75) is 45.3 Å². The maximum atomic E-state index is 4.44. The van der Waals surface area contributed by atoms with Crippen LogP contribution in [0.1, 0.15) is 38.6 Å². The molecule has 1 aromatic rings. The van der Waals surface area contributed by atoms with E-state index >= 15 is 0 Å². The maximum Gasteiger partial charge on any atom is 0.141 e. The minimum atomic E-state index is 0.393. The van der Waals surface area contributed by atoms with Crippen molar-refractivity contribution in [3.63, 3.8) is 0 Å². The van der Waals surface area contributed by atoms with Gasteiger partial charge in [-0.25, -0.2) is 9.67 Å². The molecule has 3 heterocycles. The summed E-state index contributed by atoms with van der Waals surface area (Å²) in [5.74, 6) is 1.95. The lowest BCUT2D eigenvalue weighted by Gasteiger charge is -2.36. The van der Waals surface area contributed by atoms with Gasteiger partial charge in [-0.2, -0.15) is 5.10 Å². The van der Waals surface area contributed by atoms with Gasteiger partial charge in [0.2, 0.25) is 0 Å². The zero-order chi connectivity index (χ0) is 12.5. The smallest absolute Gasteiger partial charge is 0.141 e. The number of rotatable bonds is 3. The Balaban J connectivity index is 1.73. The van der Waals surface area contributed by atoms with Crippen LogP contribution in [-0.4, -0.2) is 45.3 Å².